The normalized spacial score (nSPS) is 51.1. The van der Waals surface area contributed by atoms with Gasteiger partial charge in [-0.15, -0.1) is 11.6 Å². The molecule has 2 N–H and O–H groups in total. The molecule has 0 radical (unpaired) electrons. The zero-order valence-corrected chi connectivity index (χ0v) is 19.5. The Bertz CT molecular complexity index is 598. The van der Waals surface area contributed by atoms with Crippen molar-refractivity contribution in [3.63, 3.8) is 0 Å². The molecule has 0 aromatic rings. The van der Waals surface area contributed by atoms with Crippen LogP contribution in [0.1, 0.15) is 97.3 Å². The summed E-state index contributed by atoms with van der Waals surface area (Å²) in [5.41, 5.74) is 1.68. The Labute approximate surface area is 183 Å². The molecule has 4 aliphatic rings. The van der Waals surface area contributed by atoms with E-state index in [-0.39, 0.29) is 23.0 Å². The lowest BCUT2D eigenvalue weighted by atomic mass is 9.51. The zero-order chi connectivity index (χ0) is 20.8. The minimum atomic E-state index is -0.206. The van der Waals surface area contributed by atoms with E-state index < -0.39 is 0 Å². The van der Waals surface area contributed by atoms with Gasteiger partial charge in [-0.05, 0) is 112 Å². The highest BCUT2D eigenvalue weighted by Crippen LogP contribution is 2.61. The van der Waals surface area contributed by atoms with Gasteiger partial charge in [0.15, 0.2) is 0 Å². The molecule has 4 saturated carbocycles. The SMILES string of the molecule is C=C1CCC2[C@@H](O)C([C@@]3(C)CC[C@H](O)C[C@@H]3CCC3CCC(Cl)CC3)CC[C@@]12C. The van der Waals surface area contributed by atoms with Gasteiger partial charge in [-0.3, -0.25) is 0 Å². The quantitative estimate of drug-likeness (QED) is 0.402. The van der Waals surface area contributed by atoms with Crippen molar-refractivity contribution in [2.24, 2.45) is 34.5 Å². The third-order valence-electron chi connectivity index (χ3n) is 10.2. The van der Waals surface area contributed by atoms with Crippen molar-refractivity contribution < 1.29 is 10.2 Å². The molecule has 0 bridgehead atoms. The number of allylic oxidation sites excluding steroid dienone is 1. The maximum Gasteiger partial charge on any atom is 0.0610 e. The third kappa shape index (κ3) is 4.08. The smallest absolute Gasteiger partial charge is 0.0610 e. The van der Waals surface area contributed by atoms with Gasteiger partial charge < -0.3 is 10.2 Å². The molecule has 4 fully saturated rings. The standard InChI is InChI=1S/C26H43ClO2/c1-17-4-11-22-24(29)23(13-15-25(17,22)2)26(3)14-12-21(28)16-19(26)8-5-18-6-9-20(27)10-7-18/h18-24,28-29H,1,4-16H2,2-3H3/t18?,19-,20?,21-,22?,23?,24+,25-,26-/m0/s1. The van der Waals surface area contributed by atoms with Gasteiger partial charge in [-0.2, -0.15) is 0 Å². The van der Waals surface area contributed by atoms with E-state index in [1.807, 2.05) is 0 Å². The molecule has 2 nitrogen and oxygen atoms in total. The lowest BCUT2D eigenvalue weighted by Crippen LogP contribution is -2.52. The van der Waals surface area contributed by atoms with E-state index in [9.17, 15) is 10.2 Å². The Kier molecular flexibility index (Phi) is 6.47. The Balaban J connectivity index is 1.47. The molecule has 0 aromatic heterocycles. The second-order valence-corrected chi connectivity index (χ2v) is 12.2. The molecular weight excluding hydrogens is 380 g/mol. The summed E-state index contributed by atoms with van der Waals surface area (Å²) in [4.78, 5) is 0. The molecule has 4 aliphatic carbocycles. The van der Waals surface area contributed by atoms with E-state index in [2.05, 4.69) is 20.4 Å². The number of halogens is 1. The van der Waals surface area contributed by atoms with Crippen LogP contribution in [-0.4, -0.2) is 27.8 Å². The van der Waals surface area contributed by atoms with Gasteiger partial charge >= 0.3 is 0 Å². The number of hydrogen-bond donors (Lipinski definition) is 2. The van der Waals surface area contributed by atoms with Crippen LogP contribution in [0.2, 0.25) is 0 Å². The van der Waals surface area contributed by atoms with Gasteiger partial charge in [0.05, 0.1) is 12.2 Å². The van der Waals surface area contributed by atoms with Crippen LogP contribution in [0, 0.1) is 34.5 Å². The lowest BCUT2D eigenvalue weighted by Gasteiger charge is -2.55. The van der Waals surface area contributed by atoms with E-state index in [0.29, 0.717) is 23.1 Å². The van der Waals surface area contributed by atoms with Crippen LogP contribution in [0.3, 0.4) is 0 Å². The van der Waals surface area contributed by atoms with Crippen LogP contribution in [0.4, 0.5) is 0 Å². The van der Waals surface area contributed by atoms with E-state index >= 15 is 0 Å². The fourth-order valence-corrected chi connectivity index (χ4v) is 8.16. The van der Waals surface area contributed by atoms with Gasteiger partial charge in [0.1, 0.15) is 0 Å². The molecule has 0 aliphatic heterocycles. The Morgan fingerprint density at radius 2 is 1.66 bits per heavy atom. The monoisotopic (exact) mass is 422 g/mol. The van der Waals surface area contributed by atoms with Gasteiger partial charge in [-0.1, -0.05) is 32.4 Å². The first-order valence-corrected chi connectivity index (χ1v) is 12.9. The first kappa shape index (κ1) is 22.2. The fourth-order valence-electron chi connectivity index (χ4n) is 7.91. The van der Waals surface area contributed by atoms with E-state index in [1.54, 1.807) is 0 Å². The minimum absolute atomic E-state index is 0.149. The van der Waals surface area contributed by atoms with E-state index in [0.717, 1.165) is 44.4 Å². The van der Waals surface area contributed by atoms with Gasteiger partial charge in [0.25, 0.3) is 0 Å². The lowest BCUT2D eigenvalue weighted by molar-refractivity contribution is -0.121. The van der Waals surface area contributed by atoms with Crippen molar-refractivity contribution in [1.29, 1.82) is 0 Å². The molecule has 0 aromatic carbocycles. The van der Waals surface area contributed by atoms with Gasteiger partial charge in [-0.25, -0.2) is 0 Å². The predicted molar refractivity (Wildman–Crippen MR) is 121 cm³/mol. The van der Waals surface area contributed by atoms with Gasteiger partial charge in [0, 0.05) is 5.38 Å². The third-order valence-corrected chi connectivity index (χ3v) is 10.7. The molecule has 0 heterocycles. The first-order chi connectivity index (χ1) is 13.7. The molecule has 166 valence electrons. The summed E-state index contributed by atoms with van der Waals surface area (Å²) in [7, 11) is 0. The van der Waals surface area contributed by atoms with Crippen LogP contribution in [0.15, 0.2) is 12.2 Å². The Morgan fingerprint density at radius 1 is 0.931 bits per heavy atom. The summed E-state index contributed by atoms with van der Waals surface area (Å²) in [5, 5.41) is 22.4. The van der Waals surface area contributed by atoms with Crippen molar-refractivity contribution in [2.45, 2.75) is 115 Å². The number of aliphatic hydroxyl groups is 2. The molecular formula is C26H43ClO2. The molecule has 3 heteroatoms. The van der Waals surface area contributed by atoms with Crippen molar-refractivity contribution in [3.05, 3.63) is 12.2 Å². The fraction of sp³-hybridized carbons (Fsp3) is 0.923. The number of fused-ring (bicyclic) bond motifs is 1. The average Bonchev–Trinajstić information content (AvgIpc) is 3.00. The molecule has 4 rings (SSSR count). The van der Waals surface area contributed by atoms with Crippen molar-refractivity contribution >= 4 is 11.6 Å². The highest BCUT2D eigenvalue weighted by Gasteiger charge is 2.56. The highest BCUT2D eigenvalue weighted by atomic mass is 35.5. The van der Waals surface area contributed by atoms with E-state index in [1.165, 1.54) is 50.5 Å². The maximum absolute atomic E-state index is 11.6. The summed E-state index contributed by atoms with van der Waals surface area (Å²) >= 11 is 6.31. The number of aliphatic hydroxyl groups excluding tert-OH is 2. The molecule has 0 spiro atoms. The first-order valence-electron chi connectivity index (χ1n) is 12.4. The number of rotatable bonds is 4. The zero-order valence-electron chi connectivity index (χ0n) is 18.7. The van der Waals surface area contributed by atoms with Crippen LogP contribution in [0.25, 0.3) is 0 Å². The highest BCUT2D eigenvalue weighted by molar-refractivity contribution is 6.20. The molecule has 7 atom stereocenters. The van der Waals surface area contributed by atoms with Crippen molar-refractivity contribution in [1.82, 2.24) is 0 Å². The number of hydrogen-bond acceptors (Lipinski definition) is 2. The molecule has 0 saturated heterocycles. The Morgan fingerprint density at radius 3 is 2.38 bits per heavy atom. The summed E-state index contributed by atoms with van der Waals surface area (Å²) in [5.74, 6) is 2.11. The summed E-state index contributed by atoms with van der Waals surface area (Å²) in [6.45, 7) is 9.17. The van der Waals surface area contributed by atoms with Gasteiger partial charge in [0.2, 0.25) is 0 Å². The average molecular weight is 423 g/mol. The number of alkyl halides is 1. The van der Waals surface area contributed by atoms with Crippen LogP contribution in [0.5, 0.6) is 0 Å². The Hall–Kier alpha value is -0.0500. The largest absolute Gasteiger partial charge is 0.393 e. The second kappa shape index (κ2) is 8.47. The second-order valence-electron chi connectivity index (χ2n) is 11.6. The summed E-state index contributed by atoms with van der Waals surface area (Å²) < 4.78 is 0. The molecule has 0 amide bonds. The van der Waals surface area contributed by atoms with Crippen molar-refractivity contribution in [2.75, 3.05) is 0 Å². The van der Waals surface area contributed by atoms with E-state index in [4.69, 9.17) is 11.6 Å². The summed E-state index contributed by atoms with van der Waals surface area (Å²) in [6.07, 6.45) is 14.4. The topological polar surface area (TPSA) is 40.5 Å². The molecule has 2 unspecified atom stereocenters. The molecule has 29 heavy (non-hydrogen) atoms. The summed E-state index contributed by atoms with van der Waals surface area (Å²) in [6, 6.07) is 0. The minimum Gasteiger partial charge on any atom is -0.393 e. The van der Waals surface area contributed by atoms with Crippen LogP contribution >= 0.6 is 11.6 Å². The van der Waals surface area contributed by atoms with Crippen LogP contribution in [-0.2, 0) is 0 Å². The maximum atomic E-state index is 11.6. The predicted octanol–water partition coefficient (Wildman–Crippen LogP) is 6.47. The van der Waals surface area contributed by atoms with Crippen LogP contribution < -0.4 is 0 Å². The van der Waals surface area contributed by atoms with Crippen molar-refractivity contribution in [3.8, 4) is 0 Å².